The predicted molar refractivity (Wildman–Crippen MR) is 54.7 cm³/mol. The molecule has 1 N–H and O–H groups in total. The van der Waals surface area contributed by atoms with Gasteiger partial charge in [0, 0.05) is 6.54 Å². The van der Waals surface area contributed by atoms with Crippen molar-refractivity contribution in [2.75, 3.05) is 20.3 Å². The highest BCUT2D eigenvalue weighted by Crippen LogP contribution is 2.21. The van der Waals surface area contributed by atoms with Gasteiger partial charge in [-0.1, -0.05) is 12.1 Å². The van der Waals surface area contributed by atoms with Crippen molar-refractivity contribution in [3.63, 3.8) is 0 Å². The summed E-state index contributed by atoms with van der Waals surface area (Å²) in [6.45, 7) is 0.669. The predicted octanol–water partition coefficient (Wildman–Crippen LogP) is 0.883. The highest BCUT2D eigenvalue weighted by molar-refractivity contribution is 5.77. The first kappa shape index (κ1) is 9.98. The van der Waals surface area contributed by atoms with Crippen LogP contribution in [0.4, 0.5) is 0 Å². The molecule has 0 bridgehead atoms. The van der Waals surface area contributed by atoms with E-state index in [2.05, 4.69) is 5.32 Å². The summed E-state index contributed by atoms with van der Waals surface area (Å²) in [5.41, 5.74) is 1.05. The Kier molecular flexibility index (Phi) is 2.87. The minimum Gasteiger partial charge on any atom is -0.497 e. The zero-order chi connectivity index (χ0) is 10.7. The van der Waals surface area contributed by atoms with Crippen LogP contribution in [0, 0.1) is 0 Å². The van der Waals surface area contributed by atoms with Gasteiger partial charge < -0.3 is 14.8 Å². The van der Waals surface area contributed by atoms with Crippen LogP contribution in [0.1, 0.15) is 11.7 Å². The number of carbonyl (C=O) groups is 1. The number of rotatable bonds is 2. The Morgan fingerprint density at radius 3 is 2.67 bits per heavy atom. The fourth-order valence-corrected chi connectivity index (χ4v) is 1.53. The van der Waals surface area contributed by atoms with Crippen LogP contribution in [-0.4, -0.2) is 26.2 Å². The van der Waals surface area contributed by atoms with Gasteiger partial charge in [0.1, 0.15) is 18.5 Å². The SMILES string of the molecule is COc1ccc(C2CNC(=O)CO2)cc1. The largest absolute Gasteiger partial charge is 0.497 e. The van der Waals surface area contributed by atoms with Gasteiger partial charge in [-0.05, 0) is 17.7 Å². The fraction of sp³-hybridized carbons (Fsp3) is 0.364. The van der Waals surface area contributed by atoms with Gasteiger partial charge >= 0.3 is 0 Å². The molecular formula is C11H13NO3. The number of ether oxygens (including phenoxy) is 2. The number of morpholine rings is 1. The summed E-state index contributed by atoms with van der Waals surface area (Å²) in [4.78, 5) is 10.9. The molecule has 0 saturated carbocycles. The lowest BCUT2D eigenvalue weighted by Gasteiger charge is -2.23. The van der Waals surface area contributed by atoms with Crippen molar-refractivity contribution >= 4 is 5.91 Å². The van der Waals surface area contributed by atoms with Crippen molar-refractivity contribution < 1.29 is 14.3 Å². The molecule has 0 aromatic heterocycles. The van der Waals surface area contributed by atoms with Crippen LogP contribution in [0.15, 0.2) is 24.3 Å². The van der Waals surface area contributed by atoms with Crippen molar-refractivity contribution in [2.45, 2.75) is 6.10 Å². The van der Waals surface area contributed by atoms with E-state index in [0.717, 1.165) is 11.3 Å². The maximum atomic E-state index is 10.9. The van der Waals surface area contributed by atoms with Gasteiger partial charge in [0.2, 0.25) is 5.91 Å². The van der Waals surface area contributed by atoms with Crippen LogP contribution in [0.2, 0.25) is 0 Å². The molecule has 0 spiro atoms. The lowest BCUT2D eigenvalue weighted by atomic mass is 10.1. The molecular weight excluding hydrogens is 194 g/mol. The molecule has 15 heavy (non-hydrogen) atoms. The standard InChI is InChI=1S/C11H13NO3/c1-14-9-4-2-8(3-5-9)10-6-12-11(13)7-15-10/h2-5,10H,6-7H2,1H3,(H,12,13). The van der Waals surface area contributed by atoms with Gasteiger partial charge in [0.25, 0.3) is 0 Å². The number of nitrogens with one attached hydrogen (secondary N) is 1. The van der Waals surface area contributed by atoms with E-state index in [0.29, 0.717) is 6.54 Å². The third-order valence-corrected chi connectivity index (χ3v) is 2.39. The van der Waals surface area contributed by atoms with Crippen LogP contribution >= 0.6 is 0 Å². The molecule has 4 heteroatoms. The summed E-state index contributed by atoms with van der Waals surface area (Å²) in [6, 6.07) is 7.66. The second-order valence-electron chi connectivity index (χ2n) is 3.38. The van der Waals surface area contributed by atoms with Crippen molar-refractivity contribution in [3.05, 3.63) is 29.8 Å². The summed E-state index contributed by atoms with van der Waals surface area (Å²) < 4.78 is 10.5. The Labute approximate surface area is 88.2 Å². The Morgan fingerprint density at radius 1 is 1.40 bits per heavy atom. The van der Waals surface area contributed by atoms with E-state index in [-0.39, 0.29) is 18.6 Å². The van der Waals surface area contributed by atoms with E-state index >= 15 is 0 Å². The third kappa shape index (κ3) is 2.27. The molecule has 1 aromatic carbocycles. The van der Waals surface area contributed by atoms with Gasteiger partial charge in [-0.25, -0.2) is 0 Å². The molecule has 1 unspecified atom stereocenters. The molecule has 1 aliphatic heterocycles. The minimum absolute atomic E-state index is 0.0476. The van der Waals surface area contributed by atoms with Crippen LogP contribution in [-0.2, 0) is 9.53 Å². The summed E-state index contributed by atoms with van der Waals surface area (Å²) >= 11 is 0. The monoisotopic (exact) mass is 207 g/mol. The van der Waals surface area contributed by atoms with Gasteiger partial charge in [0.15, 0.2) is 0 Å². The van der Waals surface area contributed by atoms with Crippen molar-refractivity contribution in [2.24, 2.45) is 0 Å². The summed E-state index contributed by atoms with van der Waals surface area (Å²) in [5, 5.41) is 2.76. The number of hydrogen-bond donors (Lipinski definition) is 1. The molecule has 2 rings (SSSR count). The fourth-order valence-electron chi connectivity index (χ4n) is 1.53. The second-order valence-corrected chi connectivity index (χ2v) is 3.38. The summed E-state index contributed by atoms with van der Waals surface area (Å²) in [6.07, 6.45) is -0.0476. The van der Waals surface area contributed by atoms with Crippen molar-refractivity contribution in [1.29, 1.82) is 0 Å². The third-order valence-electron chi connectivity index (χ3n) is 2.39. The van der Waals surface area contributed by atoms with E-state index in [1.165, 1.54) is 0 Å². The van der Waals surface area contributed by atoms with Crippen LogP contribution < -0.4 is 10.1 Å². The minimum atomic E-state index is -0.0558. The zero-order valence-corrected chi connectivity index (χ0v) is 8.53. The van der Waals surface area contributed by atoms with Gasteiger partial charge in [-0.2, -0.15) is 0 Å². The van der Waals surface area contributed by atoms with Crippen LogP contribution in [0.3, 0.4) is 0 Å². The van der Waals surface area contributed by atoms with Crippen molar-refractivity contribution in [3.8, 4) is 5.75 Å². The van der Waals surface area contributed by atoms with Gasteiger partial charge in [-0.15, -0.1) is 0 Å². The maximum absolute atomic E-state index is 10.9. The highest BCUT2D eigenvalue weighted by Gasteiger charge is 2.19. The summed E-state index contributed by atoms with van der Waals surface area (Å²) in [5.74, 6) is 0.762. The first-order chi connectivity index (χ1) is 7.29. The molecule has 1 amide bonds. The molecule has 80 valence electrons. The smallest absolute Gasteiger partial charge is 0.246 e. The average Bonchev–Trinajstić information content (AvgIpc) is 2.30. The Balaban J connectivity index is 2.06. The molecule has 1 atom stereocenters. The number of carbonyl (C=O) groups excluding carboxylic acids is 1. The molecule has 0 aliphatic carbocycles. The van der Waals surface area contributed by atoms with E-state index in [1.807, 2.05) is 24.3 Å². The Bertz CT molecular complexity index is 337. The molecule has 1 saturated heterocycles. The van der Waals surface area contributed by atoms with E-state index in [1.54, 1.807) is 7.11 Å². The molecule has 1 aromatic rings. The van der Waals surface area contributed by atoms with E-state index in [4.69, 9.17) is 9.47 Å². The number of hydrogen-bond acceptors (Lipinski definition) is 3. The Morgan fingerprint density at radius 2 is 2.13 bits per heavy atom. The first-order valence-corrected chi connectivity index (χ1v) is 4.82. The Hall–Kier alpha value is -1.55. The molecule has 1 fully saturated rings. The lowest BCUT2D eigenvalue weighted by Crippen LogP contribution is -2.38. The molecule has 1 aliphatic rings. The molecule has 4 nitrogen and oxygen atoms in total. The normalized spacial score (nSPS) is 20.9. The highest BCUT2D eigenvalue weighted by atomic mass is 16.5. The topological polar surface area (TPSA) is 47.6 Å². The number of methoxy groups -OCH3 is 1. The van der Waals surface area contributed by atoms with Crippen LogP contribution in [0.5, 0.6) is 5.75 Å². The van der Waals surface area contributed by atoms with Gasteiger partial charge in [0.05, 0.1) is 7.11 Å². The number of amides is 1. The molecule has 1 heterocycles. The molecule has 0 radical (unpaired) electrons. The maximum Gasteiger partial charge on any atom is 0.246 e. The number of benzene rings is 1. The lowest BCUT2D eigenvalue weighted by molar-refractivity contribution is -0.133. The quantitative estimate of drug-likeness (QED) is 0.783. The zero-order valence-electron chi connectivity index (χ0n) is 8.53. The van der Waals surface area contributed by atoms with E-state index < -0.39 is 0 Å². The van der Waals surface area contributed by atoms with Gasteiger partial charge in [-0.3, -0.25) is 4.79 Å². The first-order valence-electron chi connectivity index (χ1n) is 4.82. The summed E-state index contributed by atoms with van der Waals surface area (Å²) in [7, 11) is 1.63. The van der Waals surface area contributed by atoms with E-state index in [9.17, 15) is 4.79 Å². The second kappa shape index (κ2) is 4.31. The average molecular weight is 207 g/mol. The van der Waals surface area contributed by atoms with Crippen molar-refractivity contribution in [1.82, 2.24) is 5.32 Å². The van der Waals surface area contributed by atoms with Crippen LogP contribution in [0.25, 0.3) is 0 Å².